The van der Waals surface area contributed by atoms with Crippen LogP contribution in [0.5, 0.6) is 0 Å². The second kappa shape index (κ2) is 9.57. The maximum absolute atomic E-state index is 12.7. The summed E-state index contributed by atoms with van der Waals surface area (Å²) in [7, 11) is 0. The molecule has 1 aliphatic rings. The molecule has 1 N–H and O–H groups in total. The van der Waals surface area contributed by atoms with Crippen molar-refractivity contribution in [1.29, 1.82) is 0 Å². The number of carbonyl (C=O) groups excluding carboxylic acids is 2. The molecule has 1 saturated heterocycles. The number of amides is 2. The van der Waals surface area contributed by atoms with Crippen molar-refractivity contribution in [3.8, 4) is 11.1 Å². The molecule has 4 nitrogen and oxygen atoms in total. The van der Waals surface area contributed by atoms with Crippen LogP contribution in [0.15, 0.2) is 103 Å². The van der Waals surface area contributed by atoms with Gasteiger partial charge in [-0.1, -0.05) is 72.3 Å². The third kappa shape index (κ3) is 4.61. The minimum Gasteiger partial charge on any atom is -0.322 e. The lowest BCUT2D eigenvalue weighted by Crippen LogP contribution is -2.27. The molecule has 168 valence electrons. The molecule has 0 bridgehead atoms. The van der Waals surface area contributed by atoms with Gasteiger partial charge in [0.1, 0.15) is 5.37 Å². The van der Waals surface area contributed by atoms with E-state index in [9.17, 15) is 9.59 Å². The number of carbonyl (C=O) groups is 2. The van der Waals surface area contributed by atoms with Gasteiger partial charge in [0.25, 0.3) is 5.91 Å². The number of hydrogen-bond acceptors (Lipinski definition) is 3. The lowest BCUT2D eigenvalue weighted by molar-refractivity contribution is -0.115. The molecule has 1 unspecified atom stereocenters. The van der Waals surface area contributed by atoms with Crippen LogP contribution in [-0.2, 0) is 4.79 Å². The second-order valence-corrected chi connectivity index (χ2v) is 9.35. The Bertz CT molecular complexity index is 1300. The molecule has 1 heterocycles. The van der Waals surface area contributed by atoms with Crippen molar-refractivity contribution in [2.75, 3.05) is 16.0 Å². The number of nitrogens with one attached hydrogen (secondary N) is 1. The van der Waals surface area contributed by atoms with Crippen molar-refractivity contribution >= 4 is 35.0 Å². The topological polar surface area (TPSA) is 49.4 Å². The summed E-state index contributed by atoms with van der Waals surface area (Å²) in [5.74, 6) is 0.407. The molecule has 0 saturated carbocycles. The van der Waals surface area contributed by atoms with Crippen LogP contribution in [0.1, 0.15) is 26.9 Å². The molecule has 34 heavy (non-hydrogen) atoms. The quantitative estimate of drug-likeness (QED) is 0.358. The number of aryl methyl sites for hydroxylation is 1. The molecule has 4 aromatic rings. The van der Waals surface area contributed by atoms with Gasteiger partial charge in [-0.25, -0.2) is 0 Å². The number of benzene rings is 4. The van der Waals surface area contributed by atoms with Gasteiger partial charge in [-0.3, -0.25) is 14.5 Å². The summed E-state index contributed by atoms with van der Waals surface area (Å²) >= 11 is 1.62. The van der Waals surface area contributed by atoms with Crippen molar-refractivity contribution in [2.24, 2.45) is 0 Å². The van der Waals surface area contributed by atoms with Crippen molar-refractivity contribution in [3.05, 3.63) is 120 Å². The van der Waals surface area contributed by atoms with Crippen molar-refractivity contribution in [2.45, 2.75) is 12.3 Å². The molecule has 0 spiro atoms. The van der Waals surface area contributed by atoms with E-state index < -0.39 is 0 Å². The Morgan fingerprint density at radius 1 is 0.824 bits per heavy atom. The fourth-order valence-electron chi connectivity index (χ4n) is 4.03. The van der Waals surface area contributed by atoms with Crippen molar-refractivity contribution in [3.63, 3.8) is 0 Å². The Labute approximate surface area is 203 Å². The standard InChI is InChI=1S/C29H24N2O2S/c1-20-7-17-26(18-8-20)31-27(32)19-34-29(31)24-13-15-25(16-14-24)30-28(33)23-11-9-22(10-12-23)21-5-3-2-4-6-21/h2-18,29H,19H2,1H3,(H,30,33). The fourth-order valence-corrected chi connectivity index (χ4v) is 5.21. The van der Waals surface area contributed by atoms with E-state index >= 15 is 0 Å². The number of anilines is 2. The molecule has 4 aromatic carbocycles. The van der Waals surface area contributed by atoms with Crippen molar-refractivity contribution in [1.82, 2.24) is 0 Å². The monoisotopic (exact) mass is 464 g/mol. The number of rotatable bonds is 5. The van der Waals surface area contributed by atoms with E-state index in [0.29, 0.717) is 11.3 Å². The first-order valence-electron chi connectivity index (χ1n) is 11.2. The van der Waals surface area contributed by atoms with Crippen LogP contribution in [-0.4, -0.2) is 17.6 Å². The van der Waals surface area contributed by atoms with Crippen LogP contribution < -0.4 is 10.2 Å². The zero-order valence-electron chi connectivity index (χ0n) is 18.8. The average Bonchev–Trinajstić information content (AvgIpc) is 3.27. The van der Waals surface area contributed by atoms with E-state index in [2.05, 4.69) is 5.32 Å². The van der Waals surface area contributed by atoms with Gasteiger partial charge < -0.3 is 5.32 Å². The van der Waals surface area contributed by atoms with Crippen LogP contribution in [0.2, 0.25) is 0 Å². The average molecular weight is 465 g/mol. The predicted octanol–water partition coefficient (Wildman–Crippen LogP) is 6.69. The maximum Gasteiger partial charge on any atom is 0.255 e. The maximum atomic E-state index is 12.7. The zero-order chi connectivity index (χ0) is 23.5. The number of thioether (sulfide) groups is 1. The van der Waals surface area contributed by atoms with Gasteiger partial charge >= 0.3 is 0 Å². The Hall–Kier alpha value is -3.83. The molecule has 1 fully saturated rings. The van der Waals surface area contributed by atoms with Crippen LogP contribution >= 0.6 is 11.8 Å². The van der Waals surface area contributed by atoms with Gasteiger partial charge in [0.15, 0.2) is 0 Å². The Balaban J connectivity index is 1.28. The highest BCUT2D eigenvalue weighted by atomic mass is 32.2. The third-order valence-electron chi connectivity index (χ3n) is 5.89. The third-order valence-corrected chi connectivity index (χ3v) is 7.10. The molecule has 0 radical (unpaired) electrons. The summed E-state index contributed by atoms with van der Waals surface area (Å²) in [4.78, 5) is 27.2. The SMILES string of the molecule is Cc1ccc(N2C(=O)CSC2c2ccc(NC(=O)c3ccc(-c4ccccc4)cc3)cc2)cc1. The van der Waals surface area contributed by atoms with Crippen LogP contribution in [0.25, 0.3) is 11.1 Å². The first-order valence-corrected chi connectivity index (χ1v) is 12.2. The lowest BCUT2D eigenvalue weighted by atomic mass is 10.0. The summed E-state index contributed by atoms with van der Waals surface area (Å²) in [6.07, 6.45) is 0. The molecule has 5 rings (SSSR count). The smallest absolute Gasteiger partial charge is 0.255 e. The van der Waals surface area contributed by atoms with E-state index in [-0.39, 0.29) is 17.2 Å². The highest BCUT2D eigenvalue weighted by Gasteiger charge is 2.33. The van der Waals surface area contributed by atoms with E-state index in [1.165, 1.54) is 0 Å². The first kappa shape index (κ1) is 22.0. The number of nitrogens with zero attached hydrogens (tertiary/aromatic N) is 1. The molecule has 0 aliphatic carbocycles. The molecular weight excluding hydrogens is 440 g/mol. The Morgan fingerprint density at radius 3 is 2.15 bits per heavy atom. The highest BCUT2D eigenvalue weighted by Crippen LogP contribution is 2.42. The molecule has 1 atom stereocenters. The van der Waals surface area contributed by atoms with E-state index in [4.69, 9.17) is 0 Å². The normalized spacial score (nSPS) is 15.4. The van der Waals surface area contributed by atoms with Gasteiger partial charge in [-0.15, -0.1) is 11.8 Å². The van der Waals surface area contributed by atoms with Gasteiger partial charge in [-0.05, 0) is 60.0 Å². The van der Waals surface area contributed by atoms with E-state index in [1.54, 1.807) is 11.8 Å². The van der Waals surface area contributed by atoms with Crippen LogP contribution in [0.4, 0.5) is 11.4 Å². The minimum absolute atomic E-state index is 0.0783. The summed E-state index contributed by atoms with van der Waals surface area (Å²) in [5, 5.41) is 2.89. The fraction of sp³-hybridized carbons (Fsp3) is 0.103. The molecule has 1 aliphatic heterocycles. The van der Waals surface area contributed by atoms with Gasteiger partial charge in [0.05, 0.1) is 5.75 Å². The predicted molar refractivity (Wildman–Crippen MR) is 140 cm³/mol. The second-order valence-electron chi connectivity index (χ2n) is 8.28. The summed E-state index contributed by atoms with van der Waals surface area (Å²) < 4.78 is 0. The summed E-state index contributed by atoms with van der Waals surface area (Å²) in [6, 6.07) is 33.4. The van der Waals surface area contributed by atoms with Crippen LogP contribution in [0.3, 0.4) is 0 Å². The van der Waals surface area contributed by atoms with E-state index in [1.807, 2.05) is 115 Å². The zero-order valence-corrected chi connectivity index (χ0v) is 19.6. The largest absolute Gasteiger partial charge is 0.322 e. The number of hydrogen-bond donors (Lipinski definition) is 1. The molecule has 5 heteroatoms. The Kier molecular flexibility index (Phi) is 6.19. The molecule has 0 aromatic heterocycles. The lowest BCUT2D eigenvalue weighted by Gasteiger charge is -2.24. The molecular formula is C29H24N2O2S. The van der Waals surface area contributed by atoms with Crippen LogP contribution in [0, 0.1) is 6.92 Å². The molecule has 2 amide bonds. The van der Waals surface area contributed by atoms with Gasteiger partial charge in [0, 0.05) is 16.9 Å². The highest BCUT2D eigenvalue weighted by molar-refractivity contribution is 8.00. The Morgan fingerprint density at radius 2 is 1.47 bits per heavy atom. The first-order chi connectivity index (χ1) is 16.6. The minimum atomic E-state index is -0.154. The summed E-state index contributed by atoms with van der Waals surface area (Å²) in [5.41, 5.74) is 6.61. The van der Waals surface area contributed by atoms with E-state index in [0.717, 1.165) is 33.6 Å². The van der Waals surface area contributed by atoms with Gasteiger partial charge in [0.2, 0.25) is 5.91 Å². The van der Waals surface area contributed by atoms with Crippen molar-refractivity contribution < 1.29 is 9.59 Å². The van der Waals surface area contributed by atoms with Gasteiger partial charge in [-0.2, -0.15) is 0 Å². The summed E-state index contributed by atoms with van der Waals surface area (Å²) in [6.45, 7) is 2.03.